The summed E-state index contributed by atoms with van der Waals surface area (Å²) in [5.41, 5.74) is 2.17. The summed E-state index contributed by atoms with van der Waals surface area (Å²) < 4.78 is 0.953. The number of aryl methyl sites for hydroxylation is 1. The molecule has 122 valence electrons. The second kappa shape index (κ2) is 8.06. The molecule has 0 spiro atoms. The first-order valence-electron chi connectivity index (χ1n) is 7.59. The molecule has 0 atom stereocenters. The monoisotopic (exact) mass is 376 g/mol. The number of hydrogen-bond acceptors (Lipinski definition) is 4. The summed E-state index contributed by atoms with van der Waals surface area (Å²) in [6.45, 7) is 7.15. The summed E-state index contributed by atoms with van der Waals surface area (Å²) in [4.78, 5) is 20.5. The van der Waals surface area contributed by atoms with Gasteiger partial charge in [0.25, 0.3) is 5.91 Å². The van der Waals surface area contributed by atoms with Crippen molar-refractivity contribution in [2.75, 3.05) is 17.2 Å². The highest BCUT2D eigenvalue weighted by Gasteiger charge is 2.10. The van der Waals surface area contributed by atoms with Crippen LogP contribution in [0.25, 0.3) is 0 Å². The number of aromatic nitrogens is 2. The molecule has 1 amide bonds. The minimum Gasteiger partial charge on any atom is -0.370 e. The molecule has 0 radical (unpaired) electrons. The van der Waals surface area contributed by atoms with Crippen LogP contribution in [0, 0.1) is 12.8 Å². The van der Waals surface area contributed by atoms with Crippen LogP contribution < -0.4 is 10.6 Å². The molecule has 2 N–H and O–H groups in total. The van der Waals surface area contributed by atoms with Crippen LogP contribution in [0.15, 0.2) is 35.1 Å². The number of halogens is 1. The molecule has 6 heteroatoms. The van der Waals surface area contributed by atoms with E-state index in [2.05, 4.69) is 50.4 Å². The normalized spacial score (nSPS) is 10.7. The summed E-state index contributed by atoms with van der Waals surface area (Å²) >= 11 is 3.46. The van der Waals surface area contributed by atoms with Gasteiger partial charge in [-0.1, -0.05) is 35.8 Å². The van der Waals surface area contributed by atoms with Crippen LogP contribution in [0.2, 0.25) is 0 Å². The zero-order valence-electron chi connectivity index (χ0n) is 13.6. The molecule has 2 rings (SSSR count). The molecule has 1 aromatic heterocycles. The summed E-state index contributed by atoms with van der Waals surface area (Å²) in [6.07, 6.45) is 2.45. The molecule has 0 bridgehead atoms. The van der Waals surface area contributed by atoms with Crippen LogP contribution in [0.5, 0.6) is 0 Å². The highest BCUT2D eigenvalue weighted by Crippen LogP contribution is 2.21. The average Bonchev–Trinajstić information content (AvgIpc) is 2.51. The van der Waals surface area contributed by atoms with Crippen molar-refractivity contribution in [1.29, 1.82) is 0 Å². The lowest BCUT2D eigenvalue weighted by atomic mass is 10.1. The van der Waals surface area contributed by atoms with Gasteiger partial charge in [-0.3, -0.25) is 4.79 Å². The Morgan fingerprint density at radius 1 is 1.26 bits per heavy atom. The van der Waals surface area contributed by atoms with Crippen molar-refractivity contribution in [2.24, 2.45) is 5.92 Å². The van der Waals surface area contributed by atoms with E-state index < -0.39 is 0 Å². The number of rotatable bonds is 6. The Labute approximate surface area is 145 Å². The molecule has 0 saturated carbocycles. The minimum absolute atomic E-state index is 0.255. The molecular formula is C17H21BrN4O. The second-order valence-electron chi connectivity index (χ2n) is 5.82. The first kappa shape index (κ1) is 17.4. The van der Waals surface area contributed by atoms with Crippen LogP contribution in [0.3, 0.4) is 0 Å². The maximum absolute atomic E-state index is 12.3. The van der Waals surface area contributed by atoms with Gasteiger partial charge in [0, 0.05) is 22.8 Å². The van der Waals surface area contributed by atoms with E-state index in [1.165, 1.54) is 6.33 Å². The zero-order chi connectivity index (χ0) is 16.8. The van der Waals surface area contributed by atoms with Crippen molar-refractivity contribution < 1.29 is 4.79 Å². The molecule has 0 aliphatic rings. The predicted molar refractivity (Wildman–Crippen MR) is 96.8 cm³/mol. The van der Waals surface area contributed by atoms with Gasteiger partial charge in [0.05, 0.1) is 0 Å². The molecule has 0 aliphatic carbocycles. The smallest absolute Gasteiger partial charge is 0.274 e. The van der Waals surface area contributed by atoms with E-state index in [4.69, 9.17) is 0 Å². The van der Waals surface area contributed by atoms with Crippen molar-refractivity contribution in [3.63, 3.8) is 0 Å². The summed E-state index contributed by atoms with van der Waals surface area (Å²) in [7, 11) is 0. The lowest BCUT2D eigenvalue weighted by Gasteiger charge is -2.09. The lowest BCUT2D eigenvalue weighted by molar-refractivity contribution is 0.102. The Balaban J connectivity index is 2.02. The van der Waals surface area contributed by atoms with Gasteiger partial charge >= 0.3 is 0 Å². The predicted octanol–water partition coefficient (Wildman–Crippen LogP) is 4.26. The fraction of sp³-hybridized carbons (Fsp3) is 0.353. The van der Waals surface area contributed by atoms with E-state index in [1.54, 1.807) is 6.07 Å². The Morgan fingerprint density at radius 3 is 2.74 bits per heavy atom. The van der Waals surface area contributed by atoms with Crippen LogP contribution in [-0.2, 0) is 0 Å². The van der Waals surface area contributed by atoms with E-state index >= 15 is 0 Å². The molecule has 1 aromatic carbocycles. The zero-order valence-corrected chi connectivity index (χ0v) is 15.1. The molecule has 0 aliphatic heterocycles. The van der Waals surface area contributed by atoms with Gasteiger partial charge in [0.2, 0.25) is 0 Å². The van der Waals surface area contributed by atoms with Crippen molar-refractivity contribution in [1.82, 2.24) is 9.97 Å². The van der Waals surface area contributed by atoms with Gasteiger partial charge < -0.3 is 10.6 Å². The van der Waals surface area contributed by atoms with Gasteiger partial charge in [-0.25, -0.2) is 9.97 Å². The maximum Gasteiger partial charge on any atom is 0.274 e. The van der Waals surface area contributed by atoms with Gasteiger partial charge in [0.15, 0.2) is 0 Å². The van der Waals surface area contributed by atoms with Gasteiger partial charge in [-0.2, -0.15) is 0 Å². The van der Waals surface area contributed by atoms with Crippen LogP contribution in [-0.4, -0.2) is 22.4 Å². The fourth-order valence-corrected chi connectivity index (χ4v) is 2.31. The summed E-state index contributed by atoms with van der Waals surface area (Å²) in [5.74, 6) is 1.03. The van der Waals surface area contributed by atoms with E-state index in [-0.39, 0.29) is 5.91 Å². The maximum atomic E-state index is 12.3. The van der Waals surface area contributed by atoms with Crippen molar-refractivity contribution >= 4 is 33.3 Å². The quantitative estimate of drug-likeness (QED) is 0.790. The Hall–Kier alpha value is -1.95. The van der Waals surface area contributed by atoms with E-state index in [0.29, 0.717) is 17.4 Å². The topological polar surface area (TPSA) is 66.9 Å². The molecular weight excluding hydrogens is 356 g/mol. The van der Waals surface area contributed by atoms with Gasteiger partial charge in [-0.05, 0) is 37.0 Å². The number of anilines is 2. The summed E-state index contributed by atoms with van der Waals surface area (Å²) in [6, 6.07) is 7.34. The van der Waals surface area contributed by atoms with E-state index in [0.717, 1.165) is 28.7 Å². The fourth-order valence-electron chi connectivity index (χ4n) is 1.93. The number of nitrogens with one attached hydrogen (secondary N) is 2. The minimum atomic E-state index is -0.255. The number of carbonyl (C=O) groups excluding carboxylic acids is 1. The van der Waals surface area contributed by atoms with E-state index in [1.807, 2.05) is 25.1 Å². The molecule has 0 unspecified atom stereocenters. The summed E-state index contributed by atoms with van der Waals surface area (Å²) in [5, 5.41) is 6.05. The number of nitrogens with zero attached hydrogens (tertiary/aromatic N) is 2. The molecule has 23 heavy (non-hydrogen) atoms. The van der Waals surface area contributed by atoms with Crippen LogP contribution in [0.4, 0.5) is 11.5 Å². The first-order valence-corrected chi connectivity index (χ1v) is 8.38. The van der Waals surface area contributed by atoms with Crippen LogP contribution in [0.1, 0.15) is 36.3 Å². The van der Waals surface area contributed by atoms with Gasteiger partial charge in [0.1, 0.15) is 17.8 Å². The van der Waals surface area contributed by atoms with E-state index in [9.17, 15) is 4.79 Å². The first-order chi connectivity index (χ1) is 11.0. The Bertz CT molecular complexity index is 688. The third-order valence-electron chi connectivity index (χ3n) is 3.36. The Kier molecular flexibility index (Phi) is 6.10. The van der Waals surface area contributed by atoms with Gasteiger partial charge in [-0.15, -0.1) is 0 Å². The molecule has 1 heterocycles. The lowest BCUT2D eigenvalue weighted by Crippen LogP contribution is -2.15. The number of hydrogen-bond donors (Lipinski definition) is 2. The number of benzene rings is 1. The van der Waals surface area contributed by atoms with Crippen molar-refractivity contribution in [3.8, 4) is 0 Å². The number of amides is 1. The molecule has 0 fully saturated rings. The Morgan fingerprint density at radius 2 is 2.04 bits per heavy atom. The standard InChI is InChI=1S/C17H21BrN4O/c1-11(2)6-7-19-16-9-15(20-10-21-16)17(23)22-13-5-4-12(3)14(18)8-13/h4-5,8-11H,6-7H2,1-3H3,(H,22,23)(H,19,20,21). The highest BCUT2D eigenvalue weighted by molar-refractivity contribution is 9.10. The highest BCUT2D eigenvalue weighted by atomic mass is 79.9. The molecule has 0 saturated heterocycles. The van der Waals surface area contributed by atoms with Crippen LogP contribution >= 0.6 is 15.9 Å². The largest absolute Gasteiger partial charge is 0.370 e. The van der Waals surface area contributed by atoms with Crippen molar-refractivity contribution in [3.05, 3.63) is 46.3 Å². The molecule has 5 nitrogen and oxygen atoms in total. The second-order valence-corrected chi connectivity index (χ2v) is 6.67. The van der Waals surface area contributed by atoms with Crippen molar-refractivity contribution in [2.45, 2.75) is 27.2 Å². The number of carbonyl (C=O) groups is 1. The molecule has 2 aromatic rings. The third kappa shape index (κ3) is 5.32. The SMILES string of the molecule is Cc1ccc(NC(=O)c2cc(NCCC(C)C)ncn2)cc1Br. The average molecular weight is 377 g/mol. The third-order valence-corrected chi connectivity index (χ3v) is 4.21.